The quantitative estimate of drug-likeness (QED) is 0.745. The zero-order chi connectivity index (χ0) is 11.8. The van der Waals surface area contributed by atoms with Crippen LogP contribution in [0, 0.1) is 12.1 Å². The minimum absolute atomic E-state index is 0.440. The summed E-state index contributed by atoms with van der Waals surface area (Å²) in [6.45, 7) is 6.47. The van der Waals surface area contributed by atoms with E-state index in [1.807, 2.05) is 13.8 Å². The highest BCUT2D eigenvalue weighted by Gasteiger charge is 2.07. The van der Waals surface area contributed by atoms with E-state index in [9.17, 15) is 0 Å². The predicted molar refractivity (Wildman–Crippen MR) is 65.3 cm³/mol. The molecule has 0 unspecified atom stereocenters. The van der Waals surface area contributed by atoms with Crippen LogP contribution in [0.4, 0.5) is 5.69 Å². The third-order valence-corrected chi connectivity index (χ3v) is 2.15. The minimum atomic E-state index is 0.440. The van der Waals surface area contributed by atoms with E-state index in [2.05, 4.69) is 17.4 Å². The molecule has 0 spiro atoms. The Kier molecular flexibility index (Phi) is 5.84. The molecule has 4 heteroatoms. The summed E-state index contributed by atoms with van der Waals surface area (Å²) in [6, 6.07) is 7.37. The van der Waals surface area contributed by atoms with Gasteiger partial charge in [0.15, 0.2) is 5.75 Å². The average molecular weight is 242 g/mol. The van der Waals surface area contributed by atoms with E-state index in [4.69, 9.17) is 21.1 Å². The Hall–Kier alpha value is -1.11. The summed E-state index contributed by atoms with van der Waals surface area (Å²) in [4.78, 5) is 0. The Morgan fingerprint density at radius 3 is 2.88 bits per heavy atom. The summed E-state index contributed by atoms with van der Waals surface area (Å²) >= 11 is 5.99. The number of anilines is 1. The fourth-order valence-corrected chi connectivity index (χ4v) is 1.43. The van der Waals surface area contributed by atoms with Crippen LogP contribution in [-0.4, -0.2) is 26.4 Å². The first kappa shape index (κ1) is 13.0. The number of rotatable bonds is 7. The standard InChI is InChI=1S/C12H16ClNO2/c1-3-14-11-7-5-6-10(13)12(11)16-9-8-15-4-2/h7,14H,3-4,8-9H2,1-2H3. The molecule has 1 aromatic carbocycles. The van der Waals surface area contributed by atoms with Crippen LogP contribution in [-0.2, 0) is 4.74 Å². The number of halogens is 1. The predicted octanol–water partition coefficient (Wildman–Crippen LogP) is 2.79. The van der Waals surface area contributed by atoms with Crippen molar-refractivity contribution in [2.75, 3.05) is 31.7 Å². The number of hydrogen-bond donors (Lipinski definition) is 1. The van der Waals surface area contributed by atoms with Crippen molar-refractivity contribution in [1.29, 1.82) is 0 Å². The van der Waals surface area contributed by atoms with Gasteiger partial charge in [-0.3, -0.25) is 0 Å². The van der Waals surface area contributed by atoms with Gasteiger partial charge in [0.05, 0.1) is 12.3 Å². The molecule has 0 saturated carbocycles. The Labute approximate surface area is 102 Å². The van der Waals surface area contributed by atoms with E-state index in [-0.39, 0.29) is 0 Å². The van der Waals surface area contributed by atoms with Crippen molar-refractivity contribution in [3.05, 3.63) is 23.2 Å². The molecule has 0 fully saturated rings. The van der Waals surface area contributed by atoms with E-state index in [1.165, 1.54) is 0 Å². The van der Waals surface area contributed by atoms with E-state index in [0.29, 0.717) is 30.6 Å². The van der Waals surface area contributed by atoms with Gasteiger partial charge in [-0.2, -0.15) is 0 Å². The molecular formula is C12H16ClNO2. The first-order chi connectivity index (χ1) is 7.79. The summed E-state index contributed by atoms with van der Waals surface area (Å²) in [6.07, 6.45) is 0. The lowest BCUT2D eigenvalue weighted by Crippen LogP contribution is -2.08. The molecule has 0 saturated heterocycles. The Morgan fingerprint density at radius 2 is 2.19 bits per heavy atom. The summed E-state index contributed by atoms with van der Waals surface area (Å²) in [5.41, 5.74) is 0.836. The Balaban J connectivity index is 2.61. The molecule has 1 N–H and O–H groups in total. The van der Waals surface area contributed by atoms with Crippen LogP contribution in [0.15, 0.2) is 6.07 Å². The molecule has 0 radical (unpaired) electrons. The molecule has 0 aromatic heterocycles. The SMILES string of the molecule is CCNc1cc#cc(Cl)c1OCCOCC. The molecule has 0 amide bonds. The number of ether oxygens (including phenoxy) is 2. The van der Waals surface area contributed by atoms with Crippen molar-refractivity contribution >= 4 is 17.3 Å². The lowest BCUT2D eigenvalue weighted by atomic mass is 10.3. The normalized spacial score (nSPS) is 9.69. The highest BCUT2D eigenvalue weighted by Crippen LogP contribution is 2.30. The van der Waals surface area contributed by atoms with Crippen molar-refractivity contribution in [2.24, 2.45) is 0 Å². The molecule has 1 aromatic rings. The van der Waals surface area contributed by atoms with Crippen molar-refractivity contribution in [2.45, 2.75) is 13.8 Å². The highest BCUT2D eigenvalue weighted by atomic mass is 35.5. The van der Waals surface area contributed by atoms with Crippen LogP contribution in [0.1, 0.15) is 13.8 Å². The van der Waals surface area contributed by atoms with Crippen LogP contribution in [0.3, 0.4) is 0 Å². The van der Waals surface area contributed by atoms with E-state index >= 15 is 0 Å². The maximum absolute atomic E-state index is 5.99. The fraction of sp³-hybridized carbons (Fsp3) is 0.500. The molecule has 0 atom stereocenters. The van der Waals surface area contributed by atoms with Crippen molar-refractivity contribution in [1.82, 2.24) is 0 Å². The first-order valence-electron chi connectivity index (χ1n) is 5.35. The van der Waals surface area contributed by atoms with Gasteiger partial charge < -0.3 is 14.8 Å². The van der Waals surface area contributed by atoms with Crippen LogP contribution in [0.5, 0.6) is 5.75 Å². The molecule has 1 rings (SSSR count). The van der Waals surface area contributed by atoms with Gasteiger partial charge >= 0.3 is 0 Å². The topological polar surface area (TPSA) is 30.5 Å². The molecular weight excluding hydrogens is 226 g/mol. The maximum atomic E-state index is 5.99. The van der Waals surface area contributed by atoms with Crippen molar-refractivity contribution < 1.29 is 9.47 Å². The second-order valence-corrected chi connectivity index (χ2v) is 3.42. The average Bonchev–Trinajstić information content (AvgIpc) is 2.28. The summed E-state index contributed by atoms with van der Waals surface area (Å²) < 4.78 is 10.7. The summed E-state index contributed by atoms with van der Waals surface area (Å²) in [5.74, 6) is 0.613. The number of nitrogens with one attached hydrogen (secondary N) is 1. The molecule has 88 valence electrons. The molecule has 0 aliphatic rings. The van der Waals surface area contributed by atoms with Gasteiger partial charge in [-0.1, -0.05) is 17.7 Å². The van der Waals surface area contributed by atoms with Gasteiger partial charge in [0, 0.05) is 19.2 Å². The fourth-order valence-electron chi connectivity index (χ4n) is 1.22. The van der Waals surface area contributed by atoms with Crippen molar-refractivity contribution in [3.63, 3.8) is 0 Å². The largest absolute Gasteiger partial charge is 0.487 e. The molecule has 3 nitrogen and oxygen atoms in total. The lowest BCUT2D eigenvalue weighted by Gasteiger charge is -2.11. The summed E-state index contributed by atoms with van der Waals surface area (Å²) in [7, 11) is 0. The van der Waals surface area contributed by atoms with Gasteiger partial charge in [0.1, 0.15) is 11.6 Å². The number of hydrogen-bond acceptors (Lipinski definition) is 3. The third-order valence-electron chi connectivity index (χ3n) is 1.89. The summed E-state index contributed by atoms with van der Waals surface area (Å²) in [5, 5.41) is 3.60. The maximum Gasteiger partial charge on any atom is 0.170 e. The highest BCUT2D eigenvalue weighted by molar-refractivity contribution is 6.32. The van der Waals surface area contributed by atoms with Crippen LogP contribution >= 0.6 is 11.6 Å². The van der Waals surface area contributed by atoms with Crippen LogP contribution < -0.4 is 10.1 Å². The molecule has 0 aliphatic carbocycles. The molecule has 0 bridgehead atoms. The minimum Gasteiger partial charge on any atom is -0.487 e. The molecule has 16 heavy (non-hydrogen) atoms. The van der Waals surface area contributed by atoms with Gasteiger partial charge in [0.25, 0.3) is 0 Å². The second-order valence-electron chi connectivity index (χ2n) is 3.05. The van der Waals surface area contributed by atoms with E-state index in [1.54, 1.807) is 6.07 Å². The smallest absolute Gasteiger partial charge is 0.170 e. The van der Waals surface area contributed by atoms with Gasteiger partial charge in [0.2, 0.25) is 0 Å². The van der Waals surface area contributed by atoms with Crippen LogP contribution in [0.2, 0.25) is 5.02 Å². The Bertz CT molecular complexity index is 318. The molecule has 0 aliphatic heterocycles. The van der Waals surface area contributed by atoms with Gasteiger partial charge in [-0.05, 0) is 19.9 Å². The van der Waals surface area contributed by atoms with Crippen molar-refractivity contribution in [3.8, 4) is 5.75 Å². The van der Waals surface area contributed by atoms with Crippen LogP contribution in [0.25, 0.3) is 0 Å². The molecule has 0 heterocycles. The van der Waals surface area contributed by atoms with Gasteiger partial charge in [-0.25, -0.2) is 0 Å². The first-order valence-corrected chi connectivity index (χ1v) is 5.73. The zero-order valence-corrected chi connectivity index (χ0v) is 10.4. The van der Waals surface area contributed by atoms with E-state index < -0.39 is 0 Å². The third kappa shape index (κ3) is 3.80. The second kappa shape index (κ2) is 7.21. The lowest BCUT2D eigenvalue weighted by molar-refractivity contribution is 0.110. The van der Waals surface area contributed by atoms with Gasteiger partial charge in [-0.15, -0.1) is 0 Å². The van der Waals surface area contributed by atoms with E-state index in [0.717, 1.165) is 12.2 Å². The monoisotopic (exact) mass is 241 g/mol. The zero-order valence-electron chi connectivity index (χ0n) is 9.60. The Morgan fingerprint density at radius 1 is 1.38 bits per heavy atom.